The minimum atomic E-state index is -0.585. The second kappa shape index (κ2) is 11.4. The summed E-state index contributed by atoms with van der Waals surface area (Å²) in [6.07, 6.45) is 9.29. The number of benzene rings is 2. The zero-order chi connectivity index (χ0) is 31.5. The van der Waals surface area contributed by atoms with Crippen LogP contribution < -0.4 is 5.32 Å². The van der Waals surface area contributed by atoms with Crippen molar-refractivity contribution in [3.63, 3.8) is 0 Å². The van der Waals surface area contributed by atoms with Crippen molar-refractivity contribution in [2.75, 3.05) is 13.1 Å². The van der Waals surface area contributed by atoms with Crippen LogP contribution in [0.3, 0.4) is 0 Å². The van der Waals surface area contributed by atoms with Gasteiger partial charge >= 0.3 is 0 Å². The lowest BCUT2D eigenvalue weighted by Crippen LogP contribution is -2.45. The van der Waals surface area contributed by atoms with Crippen LogP contribution in [0.5, 0.6) is 0 Å². The highest BCUT2D eigenvalue weighted by molar-refractivity contribution is 5.95. The molecule has 7 nitrogen and oxygen atoms in total. The average molecular weight is 603 g/mol. The van der Waals surface area contributed by atoms with E-state index < -0.39 is 5.41 Å². The summed E-state index contributed by atoms with van der Waals surface area (Å²) in [6.45, 7) is 12.6. The summed E-state index contributed by atoms with van der Waals surface area (Å²) >= 11 is 0. The van der Waals surface area contributed by atoms with E-state index in [-0.39, 0.29) is 11.8 Å². The number of nitrogens with one attached hydrogen (secondary N) is 2. The van der Waals surface area contributed by atoms with E-state index in [9.17, 15) is 4.79 Å². The van der Waals surface area contributed by atoms with Crippen molar-refractivity contribution < 1.29 is 4.79 Å². The maximum atomic E-state index is 14.1. The minimum Gasteiger partial charge on any atom is -0.354 e. The largest absolute Gasteiger partial charge is 0.354 e. The molecule has 2 aromatic carbocycles. The molecule has 0 spiro atoms. The van der Waals surface area contributed by atoms with Crippen LogP contribution in [0.25, 0.3) is 33.3 Å². The minimum absolute atomic E-state index is 0.246. The molecule has 2 fully saturated rings. The molecule has 7 heteroatoms. The number of pyridine rings is 1. The summed E-state index contributed by atoms with van der Waals surface area (Å²) in [7, 11) is 2.01. The Morgan fingerprint density at radius 2 is 1.73 bits per heavy atom. The van der Waals surface area contributed by atoms with Crippen LogP contribution in [0.4, 0.5) is 0 Å². The molecule has 0 saturated carbocycles. The summed E-state index contributed by atoms with van der Waals surface area (Å²) in [5, 5.41) is 4.95. The van der Waals surface area contributed by atoms with Gasteiger partial charge in [-0.2, -0.15) is 0 Å². The summed E-state index contributed by atoms with van der Waals surface area (Å²) in [5.74, 6) is 0.530. The van der Waals surface area contributed by atoms with E-state index in [0.717, 1.165) is 67.4 Å². The molecule has 2 bridgehead atoms. The van der Waals surface area contributed by atoms with Crippen LogP contribution in [0, 0.1) is 13.8 Å². The van der Waals surface area contributed by atoms with Crippen molar-refractivity contribution in [3.05, 3.63) is 82.8 Å². The van der Waals surface area contributed by atoms with E-state index in [1.54, 1.807) is 0 Å². The fourth-order valence-electron chi connectivity index (χ4n) is 7.99. The number of aryl methyl sites for hydroxylation is 3. The Kier molecular flexibility index (Phi) is 7.55. The van der Waals surface area contributed by atoms with Crippen LogP contribution in [-0.4, -0.2) is 55.5 Å². The molecule has 0 aliphatic carbocycles. The summed E-state index contributed by atoms with van der Waals surface area (Å²) < 4.78 is 2.02. The highest BCUT2D eigenvalue weighted by Crippen LogP contribution is 2.42. The van der Waals surface area contributed by atoms with E-state index >= 15 is 0 Å². The molecule has 2 aliphatic heterocycles. The third-order valence-electron chi connectivity index (χ3n) is 10.5. The second-order valence-corrected chi connectivity index (χ2v) is 14.2. The predicted octanol–water partition coefficient (Wildman–Crippen LogP) is 7.10. The van der Waals surface area contributed by atoms with Crippen LogP contribution in [0.1, 0.15) is 80.2 Å². The van der Waals surface area contributed by atoms with Gasteiger partial charge < -0.3 is 19.8 Å². The Labute approximate surface area is 266 Å². The smallest absolute Gasteiger partial charge is 0.233 e. The average Bonchev–Trinajstić information content (AvgIpc) is 3.80. The number of rotatable bonds is 9. The fourth-order valence-corrected chi connectivity index (χ4v) is 7.99. The molecule has 2 saturated heterocycles. The van der Waals surface area contributed by atoms with E-state index in [0.29, 0.717) is 12.1 Å². The van der Waals surface area contributed by atoms with Gasteiger partial charge in [-0.15, -0.1) is 0 Å². The van der Waals surface area contributed by atoms with Crippen LogP contribution >= 0.6 is 0 Å². The summed E-state index contributed by atoms with van der Waals surface area (Å²) in [6, 6.07) is 16.5. The van der Waals surface area contributed by atoms with Gasteiger partial charge in [-0.05, 0) is 125 Å². The topological polar surface area (TPSA) is 78.8 Å². The second-order valence-electron chi connectivity index (χ2n) is 14.2. The van der Waals surface area contributed by atoms with Gasteiger partial charge in [-0.25, -0.2) is 9.97 Å². The van der Waals surface area contributed by atoms with Crippen LogP contribution in [-0.2, 0) is 23.7 Å². The SMILES string of the molecule is Cc1cc(C)cc(-c2[nH]c3ccc(C(C)(C)C(=O)N4C5CCC4CC5)cc3c2[C@H](C)CNCCc2cnc3ncn(C)c3c2)c1. The number of carbonyl (C=O) groups is 1. The lowest BCUT2D eigenvalue weighted by atomic mass is 9.81. The third kappa shape index (κ3) is 5.35. The number of aromatic amines is 1. The van der Waals surface area contributed by atoms with Crippen molar-refractivity contribution >= 4 is 28.0 Å². The number of nitrogens with zero attached hydrogens (tertiary/aromatic N) is 4. The lowest BCUT2D eigenvalue weighted by Gasteiger charge is -2.33. The van der Waals surface area contributed by atoms with E-state index in [2.05, 4.69) is 102 Å². The highest BCUT2D eigenvalue weighted by Gasteiger charge is 2.47. The maximum absolute atomic E-state index is 14.1. The van der Waals surface area contributed by atoms with Crippen molar-refractivity contribution in [2.45, 2.75) is 90.1 Å². The molecule has 5 heterocycles. The number of H-pyrrole nitrogens is 1. The van der Waals surface area contributed by atoms with E-state index in [4.69, 9.17) is 0 Å². The molecule has 2 aliphatic rings. The van der Waals surface area contributed by atoms with E-state index in [1.165, 1.54) is 38.9 Å². The van der Waals surface area contributed by atoms with Gasteiger partial charge in [0, 0.05) is 42.8 Å². The first kappa shape index (κ1) is 29.7. The van der Waals surface area contributed by atoms with Crippen molar-refractivity contribution in [1.29, 1.82) is 0 Å². The standard InChI is InChI=1S/C38H46N6O/c1-23-15-24(2)17-27(16-23)35-34(25(3)20-39-14-13-26-18-33-36(40-21-26)41-22-43(33)6)31-19-28(7-12-32(31)42-35)38(4,5)37(45)44-29-8-9-30(44)11-10-29/h7,12,15-19,21-22,25,29-30,39,42H,8-11,13-14,20H2,1-6H3/t25-,29?,30?/m1/s1. The Morgan fingerprint density at radius 3 is 2.44 bits per heavy atom. The van der Waals surface area contributed by atoms with Gasteiger partial charge in [0.05, 0.1) is 23.0 Å². The number of imidazole rings is 1. The molecule has 45 heavy (non-hydrogen) atoms. The molecule has 3 aromatic heterocycles. The van der Waals surface area contributed by atoms with E-state index in [1.807, 2.05) is 24.1 Å². The first-order valence-corrected chi connectivity index (χ1v) is 16.6. The Bertz CT molecular complexity index is 1860. The monoisotopic (exact) mass is 602 g/mol. The summed E-state index contributed by atoms with van der Waals surface area (Å²) in [4.78, 5) is 29.0. The number of aromatic nitrogens is 4. The van der Waals surface area contributed by atoms with Crippen molar-refractivity contribution in [3.8, 4) is 11.3 Å². The van der Waals surface area contributed by atoms with Crippen LogP contribution in [0.2, 0.25) is 0 Å². The molecular weight excluding hydrogens is 556 g/mol. The molecule has 7 rings (SSSR count). The molecular formula is C38H46N6O. The number of hydrogen-bond donors (Lipinski definition) is 2. The number of fused-ring (bicyclic) bond motifs is 4. The van der Waals surface area contributed by atoms with Crippen molar-refractivity contribution in [2.24, 2.45) is 7.05 Å². The van der Waals surface area contributed by atoms with Gasteiger partial charge in [0.25, 0.3) is 0 Å². The van der Waals surface area contributed by atoms with Crippen molar-refractivity contribution in [1.82, 2.24) is 29.7 Å². The molecule has 0 radical (unpaired) electrons. The normalized spacial score (nSPS) is 18.8. The number of amides is 1. The quantitative estimate of drug-likeness (QED) is 0.177. The van der Waals surface area contributed by atoms with Gasteiger partial charge in [0.1, 0.15) is 0 Å². The first-order chi connectivity index (χ1) is 21.6. The Balaban J connectivity index is 1.18. The van der Waals surface area contributed by atoms with Gasteiger partial charge in [-0.3, -0.25) is 4.79 Å². The number of carbonyl (C=O) groups excluding carboxylic acids is 1. The zero-order valence-electron chi connectivity index (χ0n) is 27.6. The molecule has 2 N–H and O–H groups in total. The molecule has 0 unspecified atom stereocenters. The van der Waals surface area contributed by atoms with Crippen LogP contribution in [0.15, 0.2) is 55.0 Å². The molecule has 5 aromatic rings. The zero-order valence-corrected chi connectivity index (χ0v) is 27.6. The van der Waals surface area contributed by atoms with Gasteiger partial charge in [-0.1, -0.05) is 30.2 Å². The number of hydrogen-bond acceptors (Lipinski definition) is 4. The van der Waals surface area contributed by atoms with Gasteiger partial charge in [0.15, 0.2) is 5.65 Å². The molecule has 234 valence electrons. The lowest BCUT2D eigenvalue weighted by molar-refractivity contribution is -0.137. The van der Waals surface area contributed by atoms with Gasteiger partial charge in [0.2, 0.25) is 5.91 Å². The molecule has 1 atom stereocenters. The Hall–Kier alpha value is -3.97. The first-order valence-electron chi connectivity index (χ1n) is 16.6. The fraction of sp³-hybridized carbons (Fsp3) is 0.447. The Morgan fingerprint density at radius 1 is 1.02 bits per heavy atom. The predicted molar refractivity (Wildman–Crippen MR) is 183 cm³/mol. The highest BCUT2D eigenvalue weighted by atomic mass is 16.2. The maximum Gasteiger partial charge on any atom is 0.233 e. The summed E-state index contributed by atoms with van der Waals surface area (Å²) in [5.41, 5.74) is 10.9. The third-order valence-corrected chi connectivity index (χ3v) is 10.5. The molecule has 1 amide bonds.